The van der Waals surface area contributed by atoms with Crippen molar-refractivity contribution in [1.29, 1.82) is 0 Å². The highest BCUT2D eigenvalue weighted by molar-refractivity contribution is 9.10. The summed E-state index contributed by atoms with van der Waals surface area (Å²) in [7, 11) is 1.56. The van der Waals surface area contributed by atoms with Gasteiger partial charge in [-0.25, -0.2) is 9.79 Å². The molecule has 1 N–H and O–H groups in total. The summed E-state index contributed by atoms with van der Waals surface area (Å²) in [5.74, 6) is 0.408. The quantitative estimate of drug-likeness (QED) is 0.277. The minimum atomic E-state index is -0.460. The van der Waals surface area contributed by atoms with Crippen molar-refractivity contribution in [2.24, 2.45) is 4.99 Å². The number of methoxy groups -OCH3 is 1. The molecule has 1 fully saturated rings. The predicted octanol–water partition coefficient (Wildman–Crippen LogP) is 5.57. The second kappa shape index (κ2) is 9.84. The van der Waals surface area contributed by atoms with Gasteiger partial charge in [0.05, 0.1) is 23.3 Å². The number of carbonyl (C=O) groups is 2. The Morgan fingerprint density at radius 3 is 2.28 bits per heavy atom. The van der Waals surface area contributed by atoms with Crippen LogP contribution in [0.5, 0.6) is 11.5 Å². The van der Waals surface area contributed by atoms with Gasteiger partial charge in [-0.3, -0.25) is 4.79 Å². The number of esters is 1. The van der Waals surface area contributed by atoms with Crippen LogP contribution < -0.4 is 14.8 Å². The van der Waals surface area contributed by atoms with E-state index in [0.29, 0.717) is 27.1 Å². The van der Waals surface area contributed by atoms with Crippen molar-refractivity contribution in [3.63, 3.8) is 0 Å². The molecule has 0 spiro atoms. The van der Waals surface area contributed by atoms with E-state index in [4.69, 9.17) is 9.47 Å². The minimum absolute atomic E-state index is 0.208. The van der Waals surface area contributed by atoms with Gasteiger partial charge in [-0.05, 0) is 84.1 Å². The number of amidine groups is 1. The van der Waals surface area contributed by atoms with Crippen LogP contribution in [0.15, 0.2) is 87.2 Å². The van der Waals surface area contributed by atoms with E-state index in [1.165, 1.54) is 11.8 Å². The maximum atomic E-state index is 12.3. The Morgan fingerprint density at radius 1 is 0.969 bits per heavy atom. The fourth-order valence-electron chi connectivity index (χ4n) is 2.79. The van der Waals surface area contributed by atoms with Crippen molar-refractivity contribution < 1.29 is 19.1 Å². The monoisotopic (exact) mass is 508 g/mol. The zero-order chi connectivity index (χ0) is 22.5. The maximum absolute atomic E-state index is 12.3. The number of hydrogen-bond donors (Lipinski definition) is 1. The number of hydrogen-bond acceptors (Lipinski definition) is 6. The molecule has 6 nitrogen and oxygen atoms in total. The van der Waals surface area contributed by atoms with Gasteiger partial charge >= 0.3 is 5.97 Å². The smallest absolute Gasteiger partial charge is 0.343 e. The van der Waals surface area contributed by atoms with Crippen molar-refractivity contribution in [2.45, 2.75) is 0 Å². The molecule has 3 aromatic rings. The summed E-state index contributed by atoms with van der Waals surface area (Å²) in [6, 6.07) is 21.1. The summed E-state index contributed by atoms with van der Waals surface area (Å²) in [5.41, 5.74) is 1.98. The van der Waals surface area contributed by atoms with E-state index in [1.807, 2.05) is 24.3 Å². The van der Waals surface area contributed by atoms with E-state index < -0.39 is 5.97 Å². The summed E-state index contributed by atoms with van der Waals surface area (Å²) in [6.07, 6.45) is 1.76. The van der Waals surface area contributed by atoms with Crippen LogP contribution in [0.3, 0.4) is 0 Å². The van der Waals surface area contributed by atoms with Crippen LogP contribution in [0.25, 0.3) is 6.08 Å². The van der Waals surface area contributed by atoms with Gasteiger partial charge in [-0.15, -0.1) is 0 Å². The van der Waals surface area contributed by atoms with Crippen LogP contribution in [0, 0.1) is 0 Å². The molecule has 0 atom stereocenters. The summed E-state index contributed by atoms with van der Waals surface area (Å²) in [5, 5.41) is 3.29. The van der Waals surface area contributed by atoms with Gasteiger partial charge in [0.15, 0.2) is 5.17 Å². The molecule has 160 valence electrons. The summed E-state index contributed by atoms with van der Waals surface area (Å²) in [4.78, 5) is 29.5. The highest BCUT2D eigenvalue weighted by atomic mass is 79.9. The lowest BCUT2D eigenvalue weighted by molar-refractivity contribution is -0.115. The van der Waals surface area contributed by atoms with Crippen molar-refractivity contribution >= 4 is 56.5 Å². The van der Waals surface area contributed by atoms with Gasteiger partial charge in [-0.2, -0.15) is 0 Å². The molecular formula is C24H17BrN2O4S. The van der Waals surface area contributed by atoms with Crippen molar-refractivity contribution in [1.82, 2.24) is 5.32 Å². The van der Waals surface area contributed by atoms with E-state index in [2.05, 4.69) is 26.2 Å². The lowest BCUT2D eigenvalue weighted by Crippen LogP contribution is -2.19. The van der Waals surface area contributed by atoms with Crippen LogP contribution >= 0.6 is 27.7 Å². The number of ether oxygens (including phenoxy) is 2. The van der Waals surface area contributed by atoms with Crippen LogP contribution in [-0.2, 0) is 4.79 Å². The highest BCUT2D eigenvalue weighted by Gasteiger charge is 2.23. The normalized spacial score (nSPS) is 15.6. The second-order valence-electron chi connectivity index (χ2n) is 6.65. The van der Waals surface area contributed by atoms with Crippen molar-refractivity contribution in [2.75, 3.05) is 7.11 Å². The van der Waals surface area contributed by atoms with E-state index >= 15 is 0 Å². The first-order valence-corrected chi connectivity index (χ1v) is 11.1. The fourth-order valence-corrected chi connectivity index (χ4v) is 3.90. The topological polar surface area (TPSA) is 77.0 Å². The molecule has 0 radical (unpaired) electrons. The number of rotatable bonds is 5. The third-order valence-corrected chi connectivity index (χ3v) is 5.86. The van der Waals surface area contributed by atoms with Crippen LogP contribution in [0.4, 0.5) is 5.69 Å². The summed E-state index contributed by atoms with van der Waals surface area (Å²) in [6.45, 7) is 0. The molecule has 32 heavy (non-hydrogen) atoms. The number of benzene rings is 3. The molecule has 0 saturated carbocycles. The largest absolute Gasteiger partial charge is 0.497 e. The average molecular weight is 509 g/mol. The molecule has 0 aliphatic carbocycles. The van der Waals surface area contributed by atoms with Gasteiger partial charge in [-0.1, -0.05) is 28.1 Å². The van der Waals surface area contributed by atoms with E-state index in [0.717, 1.165) is 15.7 Å². The average Bonchev–Trinajstić information content (AvgIpc) is 3.15. The number of nitrogens with one attached hydrogen (secondary N) is 1. The van der Waals surface area contributed by atoms with Gasteiger partial charge in [0.1, 0.15) is 11.5 Å². The Morgan fingerprint density at radius 2 is 1.62 bits per heavy atom. The van der Waals surface area contributed by atoms with Crippen LogP contribution in [0.1, 0.15) is 15.9 Å². The second-order valence-corrected chi connectivity index (χ2v) is 8.59. The molecule has 0 unspecified atom stereocenters. The first kappa shape index (κ1) is 21.9. The predicted molar refractivity (Wildman–Crippen MR) is 129 cm³/mol. The van der Waals surface area contributed by atoms with E-state index in [9.17, 15) is 9.59 Å². The Kier molecular flexibility index (Phi) is 6.72. The molecule has 4 rings (SSSR count). The van der Waals surface area contributed by atoms with Gasteiger partial charge in [0.2, 0.25) is 0 Å². The molecule has 1 aliphatic rings. The summed E-state index contributed by atoms with van der Waals surface area (Å²) < 4.78 is 11.5. The lowest BCUT2D eigenvalue weighted by Gasteiger charge is -2.05. The van der Waals surface area contributed by atoms with E-state index in [1.54, 1.807) is 61.7 Å². The van der Waals surface area contributed by atoms with Gasteiger partial charge in [0, 0.05) is 4.47 Å². The molecule has 0 aromatic heterocycles. The first-order chi connectivity index (χ1) is 15.5. The zero-order valence-electron chi connectivity index (χ0n) is 16.9. The molecule has 1 heterocycles. The van der Waals surface area contributed by atoms with Gasteiger partial charge in [0.25, 0.3) is 5.91 Å². The zero-order valence-corrected chi connectivity index (χ0v) is 19.3. The number of halogens is 1. The molecule has 8 heteroatoms. The SMILES string of the molecule is COc1ccc(C(=O)Oc2ccc(/C=C3\SC(=Nc4ccc(Br)cc4)NC3=O)cc2)cc1. The molecular weight excluding hydrogens is 492 g/mol. The Labute approximate surface area is 197 Å². The highest BCUT2D eigenvalue weighted by Crippen LogP contribution is 2.29. The number of carbonyl (C=O) groups excluding carboxylic acids is 2. The molecule has 1 saturated heterocycles. The Bertz CT molecular complexity index is 1200. The van der Waals surface area contributed by atoms with Crippen molar-refractivity contribution in [3.8, 4) is 11.5 Å². The van der Waals surface area contributed by atoms with Crippen LogP contribution in [-0.4, -0.2) is 24.2 Å². The molecule has 1 amide bonds. The Hall–Kier alpha value is -3.36. The number of nitrogens with zero attached hydrogens (tertiary/aromatic N) is 1. The molecule has 0 bridgehead atoms. The van der Waals surface area contributed by atoms with Crippen LogP contribution in [0.2, 0.25) is 0 Å². The van der Waals surface area contributed by atoms with E-state index in [-0.39, 0.29) is 5.91 Å². The summed E-state index contributed by atoms with van der Waals surface area (Å²) >= 11 is 4.66. The minimum Gasteiger partial charge on any atom is -0.497 e. The maximum Gasteiger partial charge on any atom is 0.343 e. The molecule has 3 aromatic carbocycles. The Balaban J connectivity index is 1.41. The first-order valence-electron chi connectivity index (χ1n) is 9.51. The number of amides is 1. The fraction of sp³-hybridized carbons (Fsp3) is 0.0417. The third kappa shape index (κ3) is 5.46. The third-order valence-electron chi connectivity index (χ3n) is 4.42. The van der Waals surface area contributed by atoms with Crippen molar-refractivity contribution in [3.05, 3.63) is 93.3 Å². The lowest BCUT2D eigenvalue weighted by atomic mass is 10.2. The van der Waals surface area contributed by atoms with Gasteiger partial charge < -0.3 is 14.8 Å². The standard InChI is InChI=1S/C24H17BrN2O4S/c1-30-19-12-4-16(5-13-19)23(29)31-20-10-2-15(3-11-20)14-21-22(28)27-24(32-21)26-18-8-6-17(25)7-9-18/h2-14H,1H3,(H,26,27,28)/b21-14-. The number of thioether (sulfide) groups is 1. The molecule has 1 aliphatic heterocycles. The number of aliphatic imine (C=N–C) groups is 1.